The molecule has 1 aliphatic rings. The van der Waals surface area contributed by atoms with Crippen LogP contribution in [0.4, 0.5) is 18.0 Å². The largest absolute Gasteiger partial charge is 0.416 e. The number of nitrogens with one attached hydrogen (secondary N) is 1. The number of halogens is 3. The van der Waals surface area contributed by atoms with E-state index < -0.39 is 11.7 Å². The van der Waals surface area contributed by atoms with Crippen molar-refractivity contribution in [2.24, 2.45) is 5.92 Å². The zero-order valence-electron chi connectivity index (χ0n) is 13.3. The molecule has 0 bridgehead atoms. The normalized spacial score (nSPS) is 18.8. The molecule has 1 aromatic rings. The fraction of sp³-hybridized carbons (Fsp3) is 0.588. The van der Waals surface area contributed by atoms with Crippen molar-refractivity contribution in [1.82, 2.24) is 10.2 Å². The molecular formula is C17H23F3N2O. The first-order chi connectivity index (χ1) is 10.9. The highest BCUT2D eigenvalue weighted by Crippen LogP contribution is 2.33. The highest BCUT2D eigenvalue weighted by molar-refractivity contribution is 5.74. The lowest BCUT2D eigenvalue weighted by Gasteiger charge is -2.33. The van der Waals surface area contributed by atoms with E-state index in [1.165, 1.54) is 6.07 Å². The maximum absolute atomic E-state index is 13.0. The van der Waals surface area contributed by atoms with Gasteiger partial charge < -0.3 is 10.2 Å². The number of benzene rings is 1. The number of urea groups is 1. The highest BCUT2D eigenvalue weighted by atomic mass is 19.4. The second-order valence-corrected chi connectivity index (χ2v) is 5.98. The van der Waals surface area contributed by atoms with Gasteiger partial charge >= 0.3 is 12.2 Å². The number of aryl methyl sites for hydroxylation is 1. The number of likely N-dealkylation sites (tertiary alicyclic amines) is 1. The summed E-state index contributed by atoms with van der Waals surface area (Å²) in [7, 11) is 0. The van der Waals surface area contributed by atoms with E-state index in [-0.39, 0.29) is 11.9 Å². The Morgan fingerprint density at radius 3 is 2.78 bits per heavy atom. The Balaban J connectivity index is 1.95. The molecule has 0 radical (unpaired) electrons. The van der Waals surface area contributed by atoms with Crippen molar-refractivity contribution in [3.05, 3.63) is 35.4 Å². The Hall–Kier alpha value is -1.72. The van der Waals surface area contributed by atoms with E-state index in [9.17, 15) is 18.0 Å². The first-order valence-corrected chi connectivity index (χ1v) is 8.09. The Kier molecular flexibility index (Phi) is 5.91. The Bertz CT molecular complexity index is 531. The van der Waals surface area contributed by atoms with Gasteiger partial charge in [-0.1, -0.05) is 18.2 Å². The zero-order valence-corrected chi connectivity index (χ0v) is 13.3. The second-order valence-electron chi connectivity index (χ2n) is 5.98. The molecule has 1 aliphatic heterocycles. The lowest BCUT2D eigenvalue weighted by Crippen LogP contribution is -2.45. The monoisotopic (exact) mass is 328 g/mol. The summed E-state index contributed by atoms with van der Waals surface area (Å²) in [5, 5.41) is 2.78. The molecule has 0 unspecified atom stereocenters. The van der Waals surface area contributed by atoms with E-state index in [2.05, 4.69) is 5.32 Å². The standard InChI is InChI=1S/C17H23F3N2O/c1-2-21-16(23)22-11-5-6-13(12-22)9-10-14-7-3-4-8-15(14)17(18,19)20/h3-4,7-8,13H,2,5-6,9-12H2,1H3,(H,21,23)/t13-/m0/s1. The zero-order chi connectivity index (χ0) is 16.9. The van der Waals surface area contributed by atoms with Crippen molar-refractivity contribution < 1.29 is 18.0 Å². The van der Waals surface area contributed by atoms with Gasteiger partial charge in [-0.05, 0) is 50.2 Å². The molecule has 1 atom stereocenters. The SMILES string of the molecule is CCNC(=O)N1CCC[C@@H](CCc2ccccc2C(F)(F)F)C1. The Labute approximate surface area is 134 Å². The van der Waals surface area contributed by atoms with Gasteiger partial charge in [-0.3, -0.25) is 0 Å². The van der Waals surface area contributed by atoms with E-state index in [0.29, 0.717) is 31.5 Å². The molecule has 3 nitrogen and oxygen atoms in total. The molecule has 2 rings (SSSR count). The fourth-order valence-electron chi connectivity index (χ4n) is 3.12. The molecule has 128 valence electrons. The topological polar surface area (TPSA) is 32.3 Å². The number of amides is 2. The molecule has 2 amide bonds. The summed E-state index contributed by atoms with van der Waals surface area (Å²) in [4.78, 5) is 13.6. The van der Waals surface area contributed by atoms with Crippen LogP contribution in [0.25, 0.3) is 0 Å². The molecule has 1 saturated heterocycles. The quantitative estimate of drug-likeness (QED) is 0.887. The Morgan fingerprint density at radius 2 is 2.09 bits per heavy atom. The molecule has 23 heavy (non-hydrogen) atoms. The van der Waals surface area contributed by atoms with E-state index >= 15 is 0 Å². The maximum atomic E-state index is 13.0. The third-order valence-electron chi connectivity index (χ3n) is 4.28. The van der Waals surface area contributed by atoms with Gasteiger partial charge in [0.15, 0.2) is 0 Å². The minimum absolute atomic E-state index is 0.0760. The fourth-order valence-corrected chi connectivity index (χ4v) is 3.12. The van der Waals surface area contributed by atoms with Crippen molar-refractivity contribution in [3.63, 3.8) is 0 Å². The lowest BCUT2D eigenvalue weighted by atomic mass is 9.90. The average Bonchev–Trinajstić information content (AvgIpc) is 2.53. The van der Waals surface area contributed by atoms with Crippen molar-refractivity contribution in [2.75, 3.05) is 19.6 Å². The number of alkyl halides is 3. The number of hydrogen-bond acceptors (Lipinski definition) is 1. The van der Waals surface area contributed by atoms with E-state index in [0.717, 1.165) is 25.5 Å². The van der Waals surface area contributed by atoms with Crippen molar-refractivity contribution in [2.45, 2.75) is 38.8 Å². The molecule has 0 spiro atoms. The van der Waals surface area contributed by atoms with Gasteiger partial charge in [0.2, 0.25) is 0 Å². The van der Waals surface area contributed by atoms with Gasteiger partial charge in [-0.2, -0.15) is 13.2 Å². The van der Waals surface area contributed by atoms with E-state index in [1.807, 2.05) is 6.92 Å². The maximum Gasteiger partial charge on any atom is 0.416 e. The van der Waals surface area contributed by atoms with Crippen LogP contribution in [-0.4, -0.2) is 30.6 Å². The minimum atomic E-state index is -4.31. The highest BCUT2D eigenvalue weighted by Gasteiger charge is 2.33. The summed E-state index contributed by atoms with van der Waals surface area (Å²) in [6, 6.07) is 5.67. The number of hydrogen-bond donors (Lipinski definition) is 1. The molecule has 1 aromatic carbocycles. The number of carbonyl (C=O) groups is 1. The minimum Gasteiger partial charge on any atom is -0.338 e. The van der Waals surface area contributed by atoms with Gasteiger partial charge in [0.25, 0.3) is 0 Å². The van der Waals surface area contributed by atoms with Crippen molar-refractivity contribution in [3.8, 4) is 0 Å². The number of carbonyl (C=O) groups excluding carboxylic acids is 1. The molecule has 1 fully saturated rings. The molecule has 1 heterocycles. The summed E-state index contributed by atoms with van der Waals surface area (Å²) in [6.07, 6.45) is -1.38. The summed E-state index contributed by atoms with van der Waals surface area (Å²) in [6.45, 7) is 3.80. The summed E-state index contributed by atoms with van der Waals surface area (Å²) in [5.41, 5.74) is -0.202. The Morgan fingerprint density at radius 1 is 1.35 bits per heavy atom. The summed E-state index contributed by atoms with van der Waals surface area (Å²) >= 11 is 0. The van der Waals surface area contributed by atoms with Crippen LogP contribution < -0.4 is 5.32 Å². The van der Waals surface area contributed by atoms with Crippen molar-refractivity contribution >= 4 is 6.03 Å². The number of nitrogens with zero attached hydrogens (tertiary/aromatic N) is 1. The summed E-state index contributed by atoms with van der Waals surface area (Å²) < 4.78 is 39.0. The van der Waals surface area contributed by atoms with Crippen LogP contribution in [0.5, 0.6) is 0 Å². The summed E-state index contributed by atoms with van der Waals surface area (Å²) in [5.74, 6) is 0.257. The molecule has 1 N–H and O–H groups in total. The van der Waals surface area contributed by atoms with Crippen LogP contribution in [0.15, 0.2) is 24.3 Å². The van der Waals surface area contributed by atoms with Gasteiger partial charge in [0, 0.05) is 19.6 Å². The molecule has 6 heteroatoms. The molecule has 0 aliphatic carbocycles. The first-order valence-electron chi connectivity index (χ1n) is 8.09. The molecule has 0 aromatic heterocycles. The second kappa shape index (κ2) is 7.70. The van der Waals surface area contributed by atoms with Gasteiger partial charge in [0.05, 0.1) is 5.56 Å². The van der Waals surface area contributed by atoms with Crippen LogP contribution >= 0.6 is 0 Å². The predicted octanol–water partition coefficient (Wildman–Crippen LogP) is 4.08. The van der Waals surface area contributed by atoms with Crippen LogP contribution in [-0.2, 0) is 12.6 Å². The lowest BCUT2D eigenvalue weighted by molar-refractivity contribution is -0.138. The van der Waals surface area contributed by atoms with Gasteiger partial charge in [0.1, 0.15) is 0 Å². The van der Waals surface area contributed by atoms with Crippen LogP contribution in [0.3, 0.4) is 0 Å². The smallest absolute Gasteiger partial charge is 0.338 e. The van der Waals surface area contributed by atoms with Crippen LogP contribution in [0, 0.1) is 5.92 Å². The van der Waals surface area contributed by atoms with Gasteiger partial charge in [-0.25, -0.2) is 4.79 Å². The average molecular weight is 328 g/mol. The number of piperidine rings is 1. The molecule has 0 saturated carbocycles. The van der Waals surface area contributed by atoms with Gasteiger partial charge in [-0.15, -0.1) is 0 Å². The number of rotatable bonds is 4. The predicted molar refractivity (Wildman–Crippen MR) is 83.1 cm³/mol. The van der Waals surface area contributed by atoms with E-state index in [4.69, 9.17) is 0 Å². The van der Waals surface area contributed by atoms with Crippen LogP contribution in [0.1, 0.15) is 37.3 Å². The molecular weight excluding hydrogens is 305 g/mol. The third kappa shape index (κ3) is 4.88. The van der Waals surface area contributed by atoms with Crippen molar-refractivity contribution in [1.29, 1.82) is 0 Å². The van der Waals surface area contributed by atoms with E-state index in [1.54, 1.807) is 17.0 Å². The first kappa shape index (κ1) is 17.6. The van der Waals surface area contributed by atoms with Crippen LogP contribution in [0.2, 0.25) is 0 Å². The third-order valence-corrected chi connectivity index (χ3v) is 4.28.